The third-order valence-electron chi connectivity index (χ3n) is 5.69. The Bertz CT molecular complexity index is 588. The fraction of sp³-hybridized carbons (Fsp3) is 0.882. The van der Waals surface area contributed by atoms with Crippen molar-refractivity contribution in [1.29, 1.82) is 5.26 Å². The molecule has 0 amide bonds. The monoisotopic (exact) mass is 424 g/mol. The van der Waals surface area contributed by atoms with Crippen LogP contribution in [0.4, 0.5) is 13.3 Å². The Morgan fingerprint density at radius 1 is 1.50 bits per heavy atom. The number of hydrogen-bond donors (Lipinski definition) is 1. The quantitative estimate of drug-likeness (QED) is 0.363. The maximum atomic E-state index is 14.2. The summed E-state index contributed by atoms with van der Waals surface area (Å²) < 4.78 is 39.4. The van der Waals surface area contributed by atoms with E-state index in [1.165, 1.54) is 0 Å². The summed E-state index contributed by atoms with van der Waals surface area (Å²) in [6, 6.07) is 0.642. The molecule has 1 saturated carbocycles. The average Bonchev–Trinajstić information content (AvgIpc) is 3.10. The molecule has 1 aliphatic carbocycles. The highest BCUT2D eigenvalue weighted by molar-refractivity contribution is 8.00. The standard InChI is InChI=1S/C17H27F3N4O3S/c1-2-4-12-5-3-6-14(9-12)24(22,26)8-7-23-13(10-21)11-28-15(23)17(18,19)16(25)27-20/h12-15H,2-9,11,22H2,1H3. The number of thioether (sulfide) groups is 1. The van der Waals surface area contributed by atoms with Crippen molar-refractivity contribution < 1.29 is 27.8 Å². The van der Waals surface area contributed by atoms with E-state index in [-0.39, 0.29) is 24.9 Å². The Morgan fingerprint density at radius 3 is 2.82 bits per heavy atom. The molecule has 2 N–H and O–H groups in total. The van der Waals surface area contributed by atoms with Gasteiger partial charge in [-0.2, -0.15) is 19.9 Å². The fourth-order valence-electron chi connectivity index (χ4n) is 4.17. The lowest BCUT2D eigenvalue weighted by Gasteiger charge is -2.47. The molecule has 0 radical (unpaired) electrons. The van der Waals surface area contributed by atoms with Gasteiger partial charge in [0.25, 0.3) is 0 Å². The van der Waals surface area contributed by atoms with Crippen LogP contribution >= 0.6 is 11.8 Å². The number of rotatable bonds is 8. The molecule has 1 aliphatic heterocycles. The van der Waals surface area contributed by atoms with E-state index in [2.05, 4.69) is 11.9 Å². The molecule has 0 aromatic carbocycles. The summed E-state index contributed by atoms with van der Waals surface area (Å²) in [4.78, 5) is 14.9. The summed E-state index contributed by atoms with van der Waals surface area (Å²) in [5.74, 6) is -0.0182. The zero-order valence-corrected chi connectivity index (χ0v) is 16.7. The molecular formula is C17H27F3N4O3S. The normalized spacial score (nSPS) is 31.2. The van der Waals surface area contributed by atoms with Gasteiger partial charge in [-0.05, 0) is 18.8 Å². The second-order valence-corrected chi connectivity index (χ2v) is 8.72. The molecule has 0 aromatic rings. The Labute approximate surface area is 167 Å². The maximum Gasteiger partial charge on any atom is 0.420 e. The molecular weight excluding hydrogens is 397 g/mol. The van der Waals surface area contributed by atoms with Crippen LogP contribution in [0.1, 0.15) is 45.4 Å². The molecule has 11 heteroatoms. The van der Waals surface area contributed by atoms with Crippen molar-refractivity contribution in [2.24, 2.45) is 11.8 Å². The molecule has 0 aromatic heterocycles. The zero-order chi connectivity index (χ0) is 20.9. The van der Waals surface area contributed by atoms with Crippen LogP contribution in [0.2, 0.25) is 0 Å². The van der Waals surface area contributed by atoms with Gasteiger partial charge in [0.15, 0.2) is 0 Å². The van der Waals surface area contributed by atoms with Crippen molar-refractivity contribution in [3.05, 3.63) is 5.21 Å². The number of alkyl halides is 2. The van der Waals surface area contributed by atoms with Crippen molar-refractivity contribution >= 4 is 17.7 Å². The second kappa shape index (κ2) is 9.63. The molecule has 2 rings (SSSR count). The number of halogens is 3. The Morgan fingerprint density at radius 2 is 2.21 bits per heavy atom. The Balaban J connectivity index is 2.06. The number of nitriles is 1. The lowest BCUT2D eigenvalue weighted by molar-refractivity contribution is -0.918. The summed E-state index contributed by atoms with van der Waals surface area (Å²) in [5.41, 5.74) is 0. The number of carbonyl (C=O) groups is 1. The number of hydroxylamine groups is 2. The second-order valence-electron chi connectivity index (χ2n) is 7.61. The summed E-state index contributed by atoms with van der Waals surface area (Å²) in [5, 5.41) is 20.4. The van der Waals surface area contributed by atoms with Crippen LogP contribution in [-0.2, 0) is 9.74 Å². The fourth-order valence-corrected chi connectivity index (χ4v) is 5.55. The van der Waals surface area contributed by atoms with E-state index in [0.29, 0.717) is 30.5 Å². The molecule has 1 saturated heterocycles. The van der Waals surface area contributed by atoms with Gasteiger partial charge in [-0.1, -0.05) is 19.8 Å². The number of quaternary nitrogens is 1. The van der Waals surface area contributed by atoms with Crippen LogP contribution in [0.3, 0.4) is 0 Å². The molecule has 2 fully saturated rings. The first-order chi connectivity index (χ1) is 13.2. The van der Waals surface area contributed by atoms with Gasteiger partial charge in [0, 0.05) is 23.1 Å². The first kappa shape index (κ1) is 23.2. The molecule has 5 atom stereocenters. The highest BCUT2D eigenvalue weighted by Crippen LogP contribution is 2.40. The Hall–Kier alpha value is -1.06. The van der Waals surface area contributed by atoms with Crippen LogP contribution in [0.5, 0.6) is 0 Å². The highest BCUT2D eigenvalue weighted by atomic mass is 32.2. The van der Waals surface area contributed by atoms with E-state index < -0.39 is 28.1 Å². The first-order valence-corrected chi connectivity index (χ1v) is 10.6. The molecule has 160 valence electrons. The molecule has 0 spiro atoms. The largest absolute Gasteiger partial charge is 0.611 e. The smallest absolute Gasteiger partial charge is 0.420 e. The van der Waals surface area contributed by atoms with Gasteiger partial charge in [-0.25, -0.2) is 9.74 Å². The predicted octanol–water partition coefficient (Wildman–Crippen LogP) is 2.86. The lowest BCUT2D eigenvalue weighted by Crippen LogP contribution is -2.61. The van der Waals surface area contributed by atoms with Gasteiger partial charge in [-0.15, -0.1) is 11.8 Å². The molecule has 1 heterocycles. The van der Waals surface area contributed by atoms with E-state index in [1.54, 1.807) is 0 Å². The molecule has 0 bridgehead atoms. The van der Waals surface area contributed by atoms with Crippen LogP contribution in [0, 0.1) is 22.5 Å². The topological polar surface area (TPSA) is 102 Å². The third kappa shape index (κ3) is 5.10. The summed E-state index contributed by atoms with van der Waals surface area (Å²) in [6.45, 7) is 1.70. The van der Waals surface area contributed by atoms with Gasteiger partial charge >= 0.3 is 11.9 Å². The van der Waals surface area contributed by atoms with Gasteiger partial charge in [0.05, 0.1) is 12.6 Å². The van der Waals surface area contributed by atoms with Crippen molar-refractivity contribution in [1.82, 2.24) is 4.90 Å². The van der Waals surface area contributed by atoms with Crippen LogP contribution in [-0.4, -0.2) is 57.8 Å². The minimum absolute atomic E-state index is 0.0156. The molecule has 2 aliphatic rings. The van der Waals surface area contributed by atoms with Gasteiger partial charge in [0.1, 0.15) is 24.0 Å². The number of hydrogen-bond acceptors (Lipinski definition) is 7. The van der Waals surface area contributed by atoms with E-state index in [4.69, 9.17) is 5.84 Å². The van der Waals surface area contributed by atoms with Crippen LogP contribution < -0.4 is 5.84 Å². The SMILES string of the molecule is CCCC1CCCC([N+](N)([O-])CCN2C(C#N)CSC2C(F)(F)C(=O)OF)C1. The highest BCUT2D eigenvalue weighted by Gasteiger charge is 2.57. The molecule has 5 unspecified atom stereocenters. The van der Waals surface area contributed by atoms with Gasteiger partial charge < -0.3 is 5.21 Å². The van der Waals surface area contributed by atoms with Crippen molar-refractivity contribution in [2.75, 3.05) is 18.8 Å². The third-order valence-corrected chi connectivity index (χ3v) is 7.08. The first-order valence-electron chi connectivity index (χ1n) is 9.52. The summed E-state index contributed by atoms with van der Waals surface area (Å²) in [6.07, 6.45) is 5.37. The number of nitrogens with two attached hydrogens (primary N) is 1. The minimum Gasteiger partial charge on any atom is -0.611 e. The van der Waals surface area contributed by atoms with Crippen molar-refractivity contribution in [3.8, 4) is 6.07 Å². The molecule has 7 nitrogen and oxygen atoms in total. The van der Waals surface area contributed by atoms with Crippen LogP contribution in [0.25, 0.3) is 0 Å². The van der Waals surface area contributed by atoms with Gasteiger partial charge in [0.2, 0.25) is 0 Å². The molecule has 28 heavy (non-hydrogen) atoms. The van der Waals surface area contributed by atoms with Crippen molar-refractivity contribution in [2.45, 2.75) is 68.8 Å². The minimum atomic E-state index is -4.14. The predicted molar refractivity (Wildman–Crippen MR) is 97.8 cm³/mol. The number of carbonyl (C=O) groups excluding carboxylic acids is 1. The van der Waals surface area contributed by atoms with Gasteiger partial charge in [-0.3, -0.25) is 9.66 Å². The van der Waals surface area contributed by atoms with Crippen LogP contribution in [0.15, 0.2) is 0 Å². The summed E-state index contributed by atoms with van der Waals surface area (Å²) in [7, 11) is 0. The van der Waals surface area contributed by atoms with E-state index in [0.717, 1.165) is 30.6 Å². The maximum absolute atomic E-state index is 14.2. The average molecular weight is 424 g/mol. The van der Waals surface area contributed by atoms with E-state index >= 15 is 0 Å². The van der Waals surface area contributed by atoms with E-state index in [9.17, 15) is 28.6 Å². The van der Waals surface area contributed by atoms with E-state index in [1.807, 2.05) is 6.07 Å². The number of nitrogens with zero attached hydrogens (tertiary/aromatic N) is 3. The van der Waals surface area contributed by atoms with Crippen molar-refractivity contribution in [3.63, 3.8) is 0 Å². The zero-order valence-electron chi connectivity index (χ0n) is 15.9. The Kier molecular flexibility index (Phi) is 7.98. The lowest BCUT2D eigenvalue weighted by atomic mass is 9.83. The summed E-state index contributed by atoms with van der Waals surface area (Å²) >= 11 is 0.663.